The van der Waals surface area contributed by atoms with Crippen molar-refractivity contribution < 1.29 is 22.7 Å². The number of fused-ring (bicyclic) bond motifs is 1. The molecular formula is C22H22N4O5S2. The summed E-state index contributed by atoms with van der Waals surface area (Å²) in [4.78, 5) is 13.0. The number of aryl methyl sites for hydroxylation is 1. The van der Waals surface area contributed by atoms with Crippen LogP contribution in [-0.4, -0.2) is 48.7 Å². The first kappa shape index (κ1) is 21.8. The van der Waals surface area contributed by atoms with Crippen LogP contribution in [0, 0.1) is 6.92 Å². The SMILES string of the molecule is Cc1cccc(S(=O)(=O)N2CCC[C@@H](c3nnc(C(=O)Nc4ccc5c(c4)OCO5)s3)C2)c1. The van der Waals surface area contributed by atoms with E-state index in [1.165, 1.54) is 15.6 Å². The Labute approximate surface area is 195 Å². The third kappa shape index (κ3) is 4.43. The van der Waals surface area contributed by atoms with Crippen LogP contribution in [0.3, 0.4) is 0 Å². The third-order valence-corrected chi connectivity index (χ3v) is 8.57. The van der Waals surface area contributed by atoms with Crippen LogP contribution in [0.1, 0.15) is 39.1 Å². The molecule has 1 atom stereocenters. The van der Waals surface area contributed by atoms with Crippen molar-refractivity contribution in [1.29, 1.82) is 0 Å². The van der Waals surface area contributed by atoms with Gasteiger partial charge in [-0.25, -0.2) is 8.42 Å². The maximum absolute atomic E-state index is 13.1. The highest BCUT2D eigenvalue weighted by molar-refractivity contribution is 7.89. The van der Waals surface area contributed by atoms with E-state index >= 15 is 0 Å². The number of carbonyl (C=O) groups excluding carboxylic acids is 1. The van der Waals surface area contributed by atoms with Gasteiger partial charge in [0.2, 0.25) is 21.8 Å². The van der Waals surface area contributed by atoms with Gasteiger partial charge in [0.15, 0.2) is 11.5 Å². The molecule has 33 heavy (non-hydrogen) atoms. The minimum absolute atomic E-state index is 0.108. The fourth-order valence-corrected chi connectivity index (χ4v) is 6.43. The Hall–Kier alpha value is -3.02. The number of rotatable bonds is 5. The maximum atomic E-state index is 13.1. The van der Waals surface area contributed by atoms with Crippen LogP contribution in [0.4, 0.5) is 5.69 Å². The van der Waals surface area contributed by atoms with Crippen LogP contribution in [0.15, 0.2) is 47.4 Å². The molecule has 1 aromatic heterocycles. The van der Waals surface area contributed by atoms with E-state index in [1.54, 1.807) is 36.4 Å². The zero-order valence-corrected chi connectivity index (χ0v) is 19.5. The molecular weight excluding hydrogens is 464 g/mol. The van der Waals surface area contributed by atoms with Crippen molar-refractivity contribution in [3.05, 3.63) is 58.0 Å². The van der Waals surface area contributed by atoms with Crippen molar-refractivity contribution in [2.45, 2.75) is 30.6 Å². The van der Waals surface area contributed by atoms with E-state index in [2.05, 4.69) is 15.5 Å². The maximum Gasteiger partial charge on any atom is 0.286 e. The minimum atomic E-state index is -3.59. The lowest BCUT2D eigenvalue weighted by Crippen LogP contribution is -2.39. The number of hydrogen-bond donors (Lipinski definition) is 1. The number of piperidine rings is 1. The molecule has 1 fully saturated rings. The lowest BCUT2D eigenvalue weighted by atomic mass is 10.0. The van der Waals surface area contributed by atoms with Gasteiger partial charge in [0.25, 0.3) is 5.91 Å². The molecule has 1 N–H and O–H groups in total. The molecule has 11 heteroatoms. The van der Waals surface area contributed by atoms with Gasteiger partial charge < -0.3 is 14.8 Å². The van der Waals surface area contributed by atoms with E-state index in [0.717, 1.165) is 12.0 Å². The number of carbonyl (C=O) groups is 1. The standard InChI is InChI=1S/C22H22N4O5S2/c1-14-4-2-6-17(10-14)33(28,29)26-9-3-5-15(12-26)21-24-25-22(32-21)20(27)23-16-7-8-18-19(11-16)31-13-30-18/h2,4,6-8,10-11,15H,3,5,9,12-13H2,1H3,(H,23,27)/t15-/m1/s1. The monoisotopic (exact) mass is 486 g/mol. The van der Waals surface area contributed by atoms with Crippen LogP contribution >= 0.6 is 11.3 Å². The molecule has 0 saturated carbocycles. The second-order valence-electron chi connectivity index (χ2n) is 7.99. The molecule has 2 aromatic carbocycles. The average Bonchev–Trinajstić information content (AvgIpc) is 3.49. The van der Waals surface area contributed by atoms with E-state index in [0.29, 0.717) is 46.6 Å². The summed E-state index contributed by atoms with van der Waals surface area (Å²) >= 11 is 1.19. The third-order valence-electron chi connectivity index (χ3n) is 5.63. The summed E-state index contributed by atoms with van der Waals surface area (Å²) in [6, 6.07) is 12.1. The van der Waals surface area contributed by atoms with Gasteiger partial charge in [0, 0.05) is 30.8 Å². The van der Waals surface area contributed by atoms with Gasteiger partial charge in [-0.1, -0.05) is 23.5 Å². The van der Waals surface area contributed by atoms with Crippen LogP contribution in [-0.2, 0) is 10.0 Å². The summed E-state index contributed by atoms with van der Waals surface area (Å²) in [5.41, 5.74) is 1.46. The smallest absolute Gasteiger partial charge is 0.286 e. The zero-order valence-electron chi connectivity index (χ0n) is 17.9. The van der Waals surface area contributed by atoms with E-state index in [9.17, 15) is 13.2 Å². The second-order valence-corrected chi connectivity index (χ2v) is 10.9. The van der Waals surface area contributed by atoms with Crippen LogP contribution in [0.25, 0.3) is 0 Å². The van der Waals surface area contributed by atoms with E-state index in [-0.39, 0.29) is 23.6 Å². The molecule has 0 aliphatic carbocycles. The lowest BCUT2D eigenvalue weighted by Gasteiger charge is -2.30. The predicted octanol–water partition coefficient (Wildman–Crippen LogP) is 3.40. The summed E-state index contributed by atoms with van der Waals surface area (Å²) in [5, 5.41) is 11.9. The van der Waals surface area contributed by atoms with Crippen molar-refractivity contribution in [2.24, 2.45) is 0 Å². The van der Waals surface area contributed by atoms with Gasteiger partial charge in [-0.3, -0.25) is 4.79 Å². The molecule has 2 aliphatic heterocycles. The number of benzene rings is 2. The molecule has 172 valence electrons. The first-order chi connectivity index (χ1) is 15.9. The Bertz CT molecular complexity index is 1310. The quantitative estimate of drug-likeness (QED) is 0.588. The molecule has 1 saturated heterocycles. The number of ether oxygens (including phenoxy) is 2. The molecule has 0 bridgehead atoms. The van der Waals surface area contributed by atoms with Crippen molar-refractivity contribution in [3.63, 3.8) is 0 Å². The molecule has 0 unspecified atom stereocenters. The van der Waals surface area contributed by atoms with Gasteiger partial charge in [0.05, 0.1) is 4.90 Å². The molecule has 3 heterocycles. The summed E-state index contributed by atoms with van der Waals surface area (Å²) in [5.74, 6) is 0.720. The molecule has 0 spiro atoms. The topological polar surface area (TPSA) is 111 Å². The number of hydrogen-bond acceptors (Lipinski definition) is 8. The van der Waals surface area contributed by atoms with Crippen molar-refractivity contribution in [3.8, 4) is 11.5 Å². The Kier molecular flexibility index (Phi) is 5.77. The lowest BCUT2D eigenvalue weighted by molar-refractivity contribution is 0.102. The van der Waals surface area contributed by atoms with Gasteiger partial charge in [-0.05, 0) is 49.6 Å². The van der Waals surface area contributed by atoms with Crippen LogP contribution in [0.2, 0.25) is 0 Å². The first-order valence-electron chi connectivity index (χ1n) is 10.5. The van der Waals surface area contributed by atoms with Crippen molar-refractivity contribution >= 4 is 33.0 Å². The van der Waals surface area contributed by atoms with E-state index in [4.69, 9.17) is 9.47 Å². The Morgan fingerprint density at radius 3 is 2.85 bits per heavy atom. The number of nitrogens with zero attached hydrogens (tertiary/aromatic N) is 3. The van der Waals surface area contributed by atoms with Crippen LogP contribution in [0.5, 0.6) is 11.5 Å². The molecule has 0 radical (unpaired) electrons. The van der Waals surface area contributed by atoms with Crippen LogP contribution < -0.4 is 14.8 Å². The van der Waals surface area contributed by atoms with E-state index < -0.39 is 10.0 Å². The molecule has 5 rings (SSSR count). The Balaban J connectivity index is 1.28. The molecule has 1 amide bonds. The fourth-order valence-electron chi connectivity index (χ4n) is 3.94. The number of anilines is 1. The highest BCUT2D eigenvalue weighted by Gasteiger charge is 2.33. The van der Waals surface area contributed by atoms with Gasteiger partial charge >= 0.3 is 0 Å². The number of sulfonamides is 1. The summed E-state index contributed by atoms with van der Waals surface area (Å²) < 4.78 is 38.4. The normalized spacial score (nSPS) is 18.3. The highest BCUT2D eigenvalue weighted by Crippen LogP contribution is 2.35. The molecule has 3 aromatic rings. The zero-order chi connectivity index (χ0) is 23.0. The minimum Gasteiger partial charge on any atom is -0.454 e. The van der Waals surface area contributed by atoms with Gasteiger partial charge in [-0.2, -0.15) is 4.31 Å². The molecule has 9 nitrogen and oxygen atoms in total. The number of amides is 1. The first-order valence-corrected chi connectivity index (χ1v) is 12.8. The number of nitrogens with one attached hydrogen (secondary N) is 1. The van der Waals surface area contributed by atoms with E-state index in [1.807, 2.05) is 13.0 Å². The number of aromatic nitrogens is 2. The fraction of sp³-hybridized carbons (Fsp3) is 0.318. The predicted molar refractivity (Wildman–Crippen MR) is 122 cm³/mol. The summed E-state index contributed by atoms with van der Waals surface area (Å²) in [6.07, 6.45) is 1.51. The second kappa shape index (κ2) is 8.73. The van der Waals surface area contributed by atoms with Crippen molar-refractivity contribution in [2.75, 3.05) is 25.2 Å². The average molecular weight is 487 g/mol. The largest absolute Gasteiger partial charge is 0.454 e. The highest BCUT2D eigenvalue weighted by atomic mass is 32.2. The van der Waals surface area contributed by atoms with Crippen molar-refractivity contribution in [1.82, 2.24) is 14.5 Å². The summed E-state index contributed by atoms with van der Waals surface area (Å²) in [6.45, 7) is 2.80. The Morgan fingerprint density at radius 2 is 2.00 bits per heavy atom. The molecule has 2 aliphatic rings. The van der Waals surface area contributed by atoms with Gasteiger partial charge in [-0.15, -0.1) is 10.2 Å². The Morgan fingerprint density at radius 1 is 1.15 bits per heavy atom. The summed E-state index contributed by atoms with van der Waals surface area (Å²) in [7, 11) is -3.59. The van der Waals surface area contributed by atoms with Gasteiger partial charge in [0.1, 0.15) is 5.01 Å².